The van der Waals surface area contributed by atoms with Gasteiger partial charge in [-0.1, -0.05) is 6.92 Å². The minimum Gasteiger partial charge on any atom is -0.467 e. The molecule has 0 saturated carbocycles. The van der Waals surface area contributed by atoms with Crippen LogP contribution >= 0.6 is 0 Å². The molecule has 0 aliphatic rings. The first kappa shape index (κ1) is 15.9. The van der Waals surface area contributed by atoms with Crippen LogP contribution in [0.1, 0.15) is 26.7 Å². The van der Waals surface area contributed by atoms with Crippen LogP contribution < -0.4 is 10.6 Å². The molecule has 0 aromatic heterocycles. The van der Waals surface area contributed by atoms with Crippen LogP contribution in [0.3, 0.4) is 0 Å². The lowest BCUT2D eigenvalue weighted by atomic mass is 10.1. The molecule has 0 bridgehead atoms. The van der Waals surface area contributed by atoms with Crippen molar-refractivity contribution in [2.24, 2.45) is 0 Å². The summed E-state index contributed by atoms with van der Waals surface area (Å²) in [6.45, 7) is 4.47. The second kappa shape index (κ2) is 8.03. The third-order valence-electron chi connectivity index (χ3n) is 2.20. The second-order valence-electron chi connectivity index (χ2n) is 4.04. The predicted octanol–water partition coefficient (Wildman–Crippen LogP) is -0.584. The number of carbonyl (C=O) groups is 2. The highest BCUT2D eigenvalue weighted by molar-refractivity contribution is 5.79. The van der Waals surface area contributed by atoms with Crippen LogP contribution in [0.25, 0.3) is 0 Å². The first-order valence-electron chi connectivity index (χ1n) is 5.72. The lowest BCUT2D eigenvalue weighted by Gasteiger charge is -2.20. The molecule has 17 heavy (non-hydrogen) atoms. The Morgan fingerprint density at radius 2 is 2.00 bits per heavy atom. The summed E-state index contributed by atoms with van der Waals surface area (Å²) < 4.78 is 4.44. The molecule has 6 nitrogen and oxygen atoms in total. The number of esters is 1. The number of methoxy groups -OCH3 is 1. The molecule has 1 unspecified atom stereocenters. The van der Waals surface area contributed by atoms with Crippen LogP contribution in [-0.2, 0) is 14.3 Å². The number of ether oxygens (including phenoxy) is 1. The molecule has 0 radical (unpaired) electrons. The Morgan fingerprint density at radius 3 is 2.53 bits per heavy atom. The number of hydrogen-bond acceptors (Lipinski definition) is 5. The van der Waals surface area contributed by atoms with E-state index in [2.05, 4.69) is 15.4 Å². The highest BCUT2D eigenvalue weighted by Gasteiger charge is 2.30. The molecule has 1 amide bonds. The lowest BCUT2D eigenvalue weighted by molar-refractivity contribution is -0.159. The van der Waals surface area contributed by atoms with Gasteiger partial charge in [-0.05, 0) is 13.3 Å². The Kier molecular flexibility index (Phi) is 7.49. The molecular weight excluding hydrogens is 224 g/mol. The predicted molar refractivity (Wildman–Crippen MR) is 63.4 cm³/mol. The molecule has 3 N–H and O–H groups in total. The zero-order valence-electron chi connectivity index (χ0n) is 10.7. The zero-order chi connectivity index (χ0) is 13.3. The summed E-state index contributed by atoms with van der Waals surface area (Å²) in [7, 11) is 1.22. The van der Waals surface area contributed by atoms with Gasteiger partial charge in [0.25, 0.3) is 0 Å². The van der Waals surface area contributed by atoms with Gasteiger partial charge in [-0.3, -0.25) is 4.79 Å². The summed E-state index contributed by atoms with van der Waals surface area (Å²) in [4.78, 5) is 22.3. The standard InChI is InChI=1S/C11H22N2O4/c1-4-6-13-9(14)5-7-12-8-11(2,16)10(15)17-3/h12,16H,4-8H2,1-3H3,(H,13,14). The van der Waals surface area contributed by atoms with Gasteiger partial charge in [0.15, 0.2) is 5.60 Å². The van der Waals surface area contributed by atoms with Gasteiger partial charge in [-0.25, -0.2) is 4.79 Å². The molecule has 1 atom stereocenters. The third kappa shape index (κ3) is 6.91. The molecule has 0 aromatic rings. The number of aliphatic hydroxyl groups is 1. The minimum atomic E-state index is -1.56. The van der Waals surface area contributed by atoms with Crippen molar-refractivity contribution in [1.29, 1.82) is 0 Å². The first-order valence-corrected chi connectivity index (χ1v) is 5.72. The Balaban J connectivity index is 3.70. The molecule has 0 aliphatic carbocycles. The van der Waals surface area contributed by atoms with E-state index in [0.717, 1.165) is 6.42 Å². The number of carbonyl (C=O) groups excluding carboxylic acids is 2. The molecule has 0 aromatic carbocycles. The van der Waals surface area contributed by atoms with Gasteiger partial charge < -0.3 is 20.5 Å². The molecule has 0 heterocycles. The van der Waals surface area contributed by atoms with Gasteiger partial charge in [-0.15, -0.1) is 0 Å². The van der Waals surface area contributed by atoms with E-state index < -0.39 is 11.6 Å². The van der Waals surface area contributed by atoms with Crippen LogP contribution in [-0.4, -0.2) is 49.3 Å². The van der Waals surface area contributed by atoms with E-state index in [0.29, 0.717) is 19.5 Å². The van der Waals surface area contributed by atoms with E-state index >= 15 is 0 Å². The summed E-state index contributed by atoms with van der Waals surface area (Å²) in [6.07, 6.45) is 1.22. The summed E-state index contributed by atoms with van der Waals surface area (Å²) in [5.41, 5.74) is -1.56. The van der Waals surface area contributed by atoms with Crippen molar-refractivity contribution in [3.8, 4) is 0 Å². The topological polar surface area (TPSA) is 87.7 Å². The Bertz CT molecular complexity index is 254. The second-order valence-corrected chi connectivity index (χ2v) is 4.04. The van der Waals surface area contributed by atoms with E-state index in [9.17, 15) is 14.7 Å². The van der Waals surface area contributed by atoms with E-state index in [1.165, 1.54) is 14.0 Å². The Morgan fingerprint density at radius 1 is 1.35 bits per heavy atom. The van der Waals surface area contributed by atoms with Gasteiger partial charge in [0.2, 0.25) is 5.91 Å². The van der Waals surface area contributed by atoms with E-state index in [4.69, 9.17) is 0 Å². The highest BCUT2D eigenvalue weighted by Crippen LogP contribution is 2.03. The average molecular weight is 246 g/mol. The van der Waals surface area contributed by atoms with Crippen molar-refractivity contribution < 1.29 is 19.4 Å². The number of nitrogens with one attached hydrogen (secondary N) is 2. The van der Waals surface area contributed by atoms with E-state index in [1.807, 2.05) is 6.92 Å². The highest BCUT2D eigenvalue weighted by atomic mass is 16.5. The largest absolute Gasteiger partial charge is 0.467 e. The first-order chi connectivity index (χ1) is 7.94. The zero-order valence-corrected chi connectivity index (χ0v) is 10.7. The smallest absolute Gasteiger partial charge is 0.338 e. The summed E-state index contributed by atoms with van der Waals surface area (Å²) in [5, 5.41) is 15.2. The van der Waals surface area contributed by atoms with Crippen LogP contribution in [0.2, 0.25) is 0 Å². The summed E-state index contributed by atoms with van der Waals surface area (Å²) in [6, 6.07) is 0. The average Bonchev–Trinajstić information content (AvgIpc) is 2.30. The quantitative estimate of drug-likeness (QED) is 0.394. The van der Waals surface area contributed by atoms with Crippen molar-refractivity contribution >= 4 is 11.9 Å². The van der Waals surface area contributed by atoms with Crippen molar-refractivity contribution in [1.82, 2.24) is 10.6 Å². The van der Waals surface area contributed by atoms with Crippen molar-refractivity contribution in [2.45, 2.75) is 32.3 Å². The van der Waals surface area contributed by atoms with Crippen molar-refractivity contribution in [3.63, 3.8) is 0 Å². The fourth-order valence-electron chi connectivity index (χ4n) is 1.18. The summed E-state index contributed by atoms with van der Waals surface area (Å²) >= 11 is 0. The Labute approximate surface area is 102 Å². The van der Waals surface area contributed by atoms with Crippen molar-refractivity contribution in [2.75, 3.05) is 26.7 Å². The van der Waals surface area contributed by atoms with Crippen LogP contribution in [0.4, 0.5) is 0 Å². The monoisotopic (exact) mass is 246 g/mol. The molecule has 100 valence electrons. The molecule has 0 rings (SSSR count). The van der Waals surface area contributed by atoms with Gasteiger partial charge in [0.1, 0.15) is 0 Å². The Hall–Kier alpha value is -1.14. The molecule has 0 spiro atoms. The SMILES string of the molecule is CCCNC(=O)CCNCC(C)(O)C(=O)OC. The van der Waals surface area contributed by atoms with Gasteiger partial charge >= 0.3 is 5.97 Å². The molecule has 0 saturated heterocycles. The fraction of sp³-hybridized carbons (Fsp3) is 0.818. The molecular formula is C11H22N2O4. The normalized spacial score (nSPS) is 13.9. The van der Waals surface area contributed by atoms with E-state index in [1.54, 1.807) is 0 Å². The van der Waals surface area contributed by atoms with Gasteiger partial charge in [0, 0.05) is 26.1 Å². The molecule has 6 heteroatoms. The van der Waals surface area contributed by atoms with E-state index in [-0.39, 0.29) is 12.5 Å². The van der Waals surface area contributed by atoms with Crippen LogP contribution in [0, 0.1) is 0 Å². The maximum atomic E-state index is 11.2. The third-order valence-corrected chi connectivity index (χ3v) is 2.20. The maximum absolute atomic E-state index is 11.2. The number of rotatable bonds is 8. The van der Waals surface area contributed by atoms with Crippen molar-refractivity contribution in [3.05, 3.63) is 0 Å². The van der Waals surface area contributed by atoms with Gasteiger partial charge in [0.05, 0.1) is 7.11 Å². The summed E-state index contributed by atoms with van der Waals surface area (Å²) in [5.74, 6) is -0.738. The van der Waals surface area contributed by atoms with Crippen LogP contribution in [0.15, 0.2) is 0 Å². The maximum Gasteiger partial charge on any atom is 0.338 e. The lowest BCUT2D eigenvalue weighted by Crippen LogP contribution is -2.46. The number of hydrogen-bond donors (Lipinski definition) is 3. The minimum absolute atomic E-state index is 0.0444. The van der Waals surface area contributed by atoms with Crippen LogP contribution in [0.5, 0.6) is 0 Å². The number of amides is 1. The fourth-order valence-corrected chi connectivity index (χ4v) is 1.18. The molecule has 0 aliphatic heterocycles. The molecule has 0 fully saturated rings. The van der Waals surface area contributed by atoms with Gasteiger partial charge in [-0.2, -0.15) is 0 Å².